The average molecular weight is 282 g/mol. The topological polar surface area (TPSA) is 75.3 Å². The molecule has 1 aromatic rings. The largest absolute Gasteiger partial charge is 0.388 e. The first kappa shape index (κ1) is 16.6. The summed E-state index contributed by atoms with van der Waals surface area (Å²) in [4.78, 5) is 11.8. The maximum atomic E-state index is 12.8. The highest BCUT2D eigenvalue weighted by Gasteiger charge is 2.20. The molecule has 0 saturated carbocycles. The summed E-state index contributed by atoms with van der Waals surface area (Å²) in [7, 11) is 0. The van der Waals surface area contributed by atoms with E-state index in [0.717, 1.165) is 0 Å². The molecule has 0 spiro atoms. The van der Waals surface area contributed by atoms with Crippen LogP contribution in [0.3, 0.4) is 0 Å². The van der Waals surface area contributed by atoms with Gasteiger partial charge in [0.2, 0.25) is 5.91 Å². The fourth-order valence-electron chi connectivity index (χ4n) is 1.86. The summed E-state index contributed by atoms with van der Waals surface area (Å²) in [5.41, 5.74) is 6.38. The summed E-state index contributed by atoms with van der Waals surface area (Å²) in [6, 6.07) is 4.91. The highest BCUT2D eigenvalue weighted by Crippen LogP contribution is 2.18. The van der Waals surface area contributed by atoms with Crippen LogP contribution in [0.25, 0.3) is 0 Å². The van der Waals surface area contributed by atoms with Gasteiger partial charge in [0.25, 0.3) is 0 Å². The van der Waals surface area contributed by atoms with Gasteiger partial charge in [0.1, 0.15) is 5.82 Å². The van der Waals surface area contributed by atoms with Crippen LogP contribution in [0, 0.1) is 11.7 Å². The summed E-state index contributed by atoms with van der Waals surface area (Å²) in [6.45, 7) is 5.56. The van der Waals surface area contributed by atoms with E-state index in [9.17, 15) is 14.3 Å². The number of hydrogen-bond donors (Lipinski definition) is 3. The summed E-state index contributed by atoms with van der Waals surface area (Å²) >= 11 is 0. The van der Waals surface area contributed by atoms with Crippen molar-refractivity contribution in [1.29, 1.82) is 0 Å². The SMILES string of the molecule is CC(CC(O)c1ccc(F)cc1)NC(=O)[C@@H](N)C(C)C. The number of carbonyl (C=O) groups excluding carboxylic acids is 1. The smallest absolute Gasteiger partial charge is 0.237 e. The maximum absolute atomic E-state index is 12.8. The molecular formula is C15H23FN2O2. The number of halogens is 1. The number of aliphatic hydroxyl groups is 1. The Balaban J connectivity index is 2.51. The molecule has 0 aromatic heterocycles. The molecule has 4 N–H and O–H groups in total. The van der Waals surface area contributed by atoms with Crippen LogP contribution in [0.5, 0.6) is 0 Å². The quantitative estimate of drug-likeness (QED) is 0.744. The van der Waals surface area contributed by atoms with Crippen molar-refractivity contribution in [2.75, 3.05) is 0 Å². The second-order valence-corrected chi connectivity index (χ2v) is 5.48. The highest BCUT2D eigenvalue weighted by atomic mass is 19.1. The van der Waals surface area contributed by atoms with Crippen molar-refractivity contribution in [3.63, 3.8) is 0 Å². The molecule has 1 aromatic carbocycles. The van der Waals surface area contributed by atoms with Crippen LogP contribution in [0.15, 0.2) is 24.3 Å². The predicted octanol–water partition coefficient (Wildman–Crippen LogP) is 1.74. The van der Waals surface area contributed by atoms with Crippen LogP contribution in [-0.4, -0.2) is 23.1 Å². The predicted molar refractivity (Wildman–Crippen MR) is 76.4 cm³/mol. The van der Waals surface area contributed by atoms with E-state index in [1.54, 1.807) is 6.92 Å². The van der Waals surface area contributed by atoms with Gasteiger partial charge in [0, 0.05) is 6.04 Å². The minimum atomic E-state index is -0.749. The van der Waals surface area contributed by atoms with Crippen molar-refractivity contribution in [3.8, 4) is 0 Å². The second-order valence-electron chi connectivity index (χ2n) is 5.48. The molecular weight excluding hydrogens is 259 g/mol. The molecule has 1 amide bonds. The Morgan fingerprint density at radius 3 is 2.35 bits per heavy atom. The monoisotopic (exact) mass is 282 g/mol. The van der Waals surface area contributed by atoms with Gasteiger partial charge in [-0.05, 0) is 37.0 Å². The van der Waals surface area contributed by atoms with Crippen LogP contribution in [0.2, 0.25) is 0 Å². The van der Waals surface area contributed by atoms with Gasteiger partial charge in [-0.1, -0.05) is 26.0 Å². The first-order chi connectivity index (χ1) is 9.31. The molecule has 112 valence electrons. The Morgan fingerprint density at radius 1 is 1.30 bits per heavy atom. The minimum absolute atomic E-state index is 0.0595. The molecule has 0 aliphatic carbocycles. The van der Waals surface area contributed by atoms with Gasteiger partial charge < -0.3 is 16.2 Å². The van der Waals surface area contributed by atoms with Gasteiger partial charge in [-0.3, -0.25) is 4.79 Å². The number of carbonyl (C=O) groups is 1. The second kappa shape index (κ2) is 7.36. The Morgan fingerprint density at radius 2 is 1.85 bits per heavy atom. The summed E-state index contributed by atoms with van der Waals surface area (Å²) in [6.07, 6.45) is -0.400. The van der Waals surface area contributed by atoms with Gasteiger partial charge >= 0.3 is 0 Å². The zero-order valence-corrected chi connectivity index (χ0v) is 12.1. The molecule has 0 radical (unpaired) electrons. The van der Waals surface area contributed by atoms with Crippen LogP contribution in [0.1, 0.15) is 38.9 Å². The Kier molecular flexibility index (Phi) is 6.10. The molecule has 2 unspecified atom stereocenters. The number of hydrogen-bond acceptors (Lipinski definition) is 3. The van der Waals surface area contributed by atoms with Gasteiger partial charge in [-0.15, -0.1) is 0 Å². The molecule has 0 saturated heterocycles. The van der Waals surface area contributed by atoms with Crippen LogP contribution < -0.4 is 11.1 Å². The first-order valence-electron chi connectivity index (χ1n) is 6.80. The van der Waals surface area contributed by atoms with Crippen LogP contribution in [0.4, 0.5) is 4.39 Å². The van der Waals surface area contributed by atoms with E-state index >= 15 is 0 Å². The molecule has 3 atom stereocenters. The lowest BCUT2D eigenvalue weighted by Crippen LogP contribution is -2.47. The minimum Gasteiger partial charge on any atom is -0.388 e. The third-order valence-electron chi connectivity index (χ3n) is 3.24. The van der Waals surface area contributed by atoms with Crippen molar-refractivity contribution >= 4 is 5.91 Å². The van der Waals surface area contributed by atoms with E-state index in [4.69, 9.17) is 5.73 Å². The lowest BCUT2D eigenvalue weighted by molar-refractivity contribution is -0.124. The van der Waals surface area contributed by atoms with Gasteiger partial charge in [0.15, 0.2) is 0 Å². The molecule has 0 heterocycles. The third-order valence-corrected chi connectivity index (χ3v) is 3.24. The fraction of sp³-hybridized carbons (Fsp3) is 0.533. The number of nitrogens with two attached hydrogens (primary N) is 1. The Labute approximate surface area is 119 Å². The first-order valence-corrected chi connectivity index (χ1v) is 6.80. The average Bonchev–Trinajstić information content (AvgIpc) is 2.37. The number of rotatable bonds is 6. The van der Waals surface area contributed by atoms with E-state index in [-0.39, 0.29) is 23.7 Å². The summed E-state index contributed by atoms with van der Waals surface area (Å²) < 4.78 is 12.8. The number of nitrogens with one attached hydrogen (secondary N) is 1. The Hall–Kier alpha value is -1.46. The van der Waals surface area contributed by atoms with Crippen LogP contribution in [-0.2, 0) is 4.79 Å². The standard InChI is InChI=1S/C15H23FN2O2/c1-9(2)14(17)15(20)18-10(3)8-13(19)11-4-6-12(16)7-5-11/h4-7,9-10,13-14,19H,8,17H2,1-3H3,(H,18,20)/t10?,13?,14-/m0/s1. The fourth-order valence-corrected chi connectivity index (χ4v) is 1.86. The molecule has 20 heavy (non-hydrogen) atoms. The molecule has 0 aliphatic heterocycles. The van der Waals surface area contributed by atoms with Gasteiger partial charge in [-0.25, -0.2) is 4.39 Å². The lowest BCUT2D eigenvalue weighted by Gasteiger charge is -2.21. The van der Waals surface area contributed by atoms with E-state index in [0.29, 0.717) is 12.0 Å². The van der Waals surface area contributed by atoms with E-state index in [1.165, 1.54) is 24.3 Å². The molecule has 1 rings (SSSR count). The normalized spacial score (nSPS) is 15.8. The number of amides is 1. The van der Waals surface area contributed by atoms with Crippen molar-refractivity contribution < 1.29 is 14.3 Å². The van der Waals surface area contributed by atoms with Crippen molar-refractivity contribution in [2.24, 2.45) is 11.7 Å². The summed E-state index contributed by atoms with van der Waals surface area (Å²) in [5.74, 6) is -0.506. The van der Waals surface area contributed by atoms with Crippen LogP contribution >= 0.6 is 0 Å². The lowest BCUT2D eigenvalue weighted by atomic mass is 10.0. The van der Waals surface area contributed by atoms with Crippen molar-refractivity contribution in [3.05, 3.63) is 35.6 Å². The molecule has 4 nitrogen and oxygen atoms in total. The summed E-state index contributed by atoms with van der Waals surface area (Å²) in [5, 5.41) is 12.8. The zero-order valence-electron chi connectivity index (χ0n) is 12.1. The maximum Gasteiger partial charge on any atom is 0.237 e. The molecule has 0 aliphatic rings. The van der Waals surface area contributed by atoms with Crippen molar-refractivity contribution in [2.45, 2.75) is 45.4 Å². The number of benzene rings is 1. The number of aliphatic hydroxyl groups excluding tert-OH is 1. The van der Waals surface area contributed by atoms with E-state index in [1.807, 2.05) is 13.8 Å². The van der Waals surface area contributed by atoms with Gasteiger partial charge in [0.05, 0.1) is 12.1 Å². The zero-order chi connectivity index (χ0) is 15.3. The highest BCUT2D eigenvalue weighted by molar-refractivity contribution is 5.81. The van der Waals surface area contributed by atoms with Crippen molar-refractivity contribution in [1.82, 2.24) is 5.32 Å². The molecule has 0 bridgehead atoms. The molecule has 5 heteroatoms. The molecule has 0 fully saturated rings. The third kappa shape index (κ3) is 4.90. The van der Waals surface area contributed by atoms with E-state index in [2.05, 4.69) is 5.32 Å². The van der Waals surface area contributed by atoms with Gasteiger partial charge in [-0.2, -0.15) is 0 Å². The Bertz CT molecular complexity index is 434. The van der Waals surface area contributed by atoms with E-state index < -0.39 is 12.1 Å².